The molecule has 4 aromatic carbocycles. The third-order valence-corrected chi connectivity index (χ3v) is 6.33. The van der Waals surface area contributed by atoms with E-state index >= 15 is 0 Å². The number of ether oxygens (including phenoxy) is 2. The van der Waals surface area contributed by atoms with Gasteiger partial charge < -0.3 is 9.47 Å². The number of carbonyl (C=O) groups is 3. The van der Waals surface area contributed by atoms with Gasteiger partial charge in [0.15, 0.2) is 12.4 Å². The SMILES string of the molecule is Cc1ccc(C(=O)Oc2ccc(C(=O)COC(=O)c3cn(-c4ccccc4)nc3-c3ccc(Cl)cc3)cc2)cc1. The normalized spacial score (nSPS) is 10.7. The van der Waals surface area contributed by atoms with Gasteiger partial charge in [-0.1, -0.05) is 59.6 Å². The van der Waals surface area contributed by atoms with Crippen LogP contribution in [0.1, 0.15) is 36.6 Å². The Kier molecular flexibility index (Phi) is 7.84. The van der Waals surface area contributed by atoms with Crippen molar-refractivity contribution in [2.45, 2.75) is 6.92 Å². The van der Waals surface area contributed by atoms with Crippen molar-refractivity contribution in [3.8, 4) is 22.7 Å². The highest BCUT2D eigenvalue weighted by Gasteiger charge is 2.21. The highest BCUT2D eigenvalue weighted by Crippen LogP contribution is 2.26. The van der Waals surface area contributed by atoms with Gasteiger partial charge in [-0.05, 0) is 67.6 Å². The van der Waals surface area contributed by atoms with Crippen molar-refractivity contribution >= 4 is 29.3 Å². The van der Waals surface area contributed by atoms with Gasteiger partial charge >= 0.3 is 11.9 Å². The fourth-order valence-corrected chi connectivity index (χ4v) is 4.04. The van der Waals surface area contributed by atoms with Gasteiger partial charge in [0.05, 0.1) is 11.3 Å². The van der Waals surface area contributed by atoms with E-state index in [0.717, 1.165) is 11.3 Å². The third kappa shape index (κ3) is 6.17. The van der Waals surface area contributed by atoms with Crippen molar-refractivity contribution < 1.29 is 23.9 Å². The van der Waals surface area contributed by atoms with Crippen molar-refractivity contribution in [3.63, 3.8) is 0 Å². The van der Waals surface area contributed by atoms with Crippen LogP contribution in [0.15, 0.2) is 109 Å². The van der Waals surface area contributed by atoms with E-state index in [1.165, 1.54) is 24.3 Å². The number of aryl methyl sites for hydroxylation is 1. The number of ketones is 1. The van der Waals surface area contributed by atoms with E-state index in [1.54, 1.807) is 47.3 Å². The molecule has 0 bridgehead atoms. The van der Waals surface area contributed by atoms with Gasteiger partial charge in [0.1, 0.15) is 17.0 Å². The molecule has 0 spiro atoms. The van der Waals surface area contributed by atoms with Crippen LogP contribution in [0.4, 0.5) is 0 Å². The second-order valence-electron chi connectivity index (χ2n) is 8.96. The maximum atomic E-state index is 13.1. The van der Waals surface area contributed by atoms with Gasteiger partial charge in [0, 0.05) is 22.3 Å². The number of nitrogens with zero attached hydrogens (tertiary/aromatic N) is 2. The zero-order chi connectivity index (χ0) is 28.1. The monoisotopic (exact) mass is 550 g/mol. The smallest absolute Gasteiger partial charge is 0.343 e. The lowest BCUT2D eigenvalue weighted by molar-refractivity contribution is 0.0475. The van der Waals surface area contributed by atoms with E-state index in [9.17, 15) is 14.4 Å². The van der Waals surface area contributed by atoms with Crippen LogP contribution in [0.2, 0.25) is 5.02 Å². The average Bonchev–Trinajstić information content (AvgIpc) is 3.43. The Morgan fingerprint density at radius 3 is 2.10 bits per heavy atom. The molecular formula is C32H23ClN2O5. The summed E-state index contributed by atoms with van der Waals surface area (Å²) in [6.45, 7) is 1.45. The minimum absolute atomic E-state index is 0.206. The van der Waals surface area contributed by atoms with Gasteiger partial charge in [0.2, 0.25) is 0 Å². The Labute approximate surface area is 235 Å². The van der Waals surface area contributed by atoms with E-state index in [2.05, 4.69) is 5.10 Å². The van der Waals surface area contributed by atoms with Crippen molar-refractivity contribution in [3.05, 3.63) is 137 Å². The number of halogens is 1. The van der Waals surface area contributed by atoms with E-state index in [1.807, 2.05) is 49.4 Å². The summed E-state index contributed by atoms with van der Waals surface area (Å²) in [7, 11) is 0. The number of carbonyl (C=O) groups excluding carboxylic acids is 3. The standard InChI is InChI=1S/C32H23ClN2O5/c1-21-7-9-24(10-8-21)31(37)40-27-17-13-22(14-18-27)29(36)20-39-32(38)28-19-35(26-5-3-2-4-6-26)34-30(28)23-11-15-25(33)16-12-23/h2-19H,20H2,1H3. The van der Waals surface area contributed by atoms with Crippen LogP contribution < -0.4 is 4.74 Å². The molecule has 0 aliphatic rings. The zero-order valence-electron chi connectivity index (χ0n) is 21.4. The highest BCUT2D eigenvalue weighted by molar-refractivity contribution is 6.30. The Morgan fingerprint density at radius 2 is 1.43 bits per heavy atom. The van der Waals surface area contributed by atoms with Crippen LogP contribution >= 0.6 is 11.6 Å². The van der Waals surface area contributed by atoms with Gasteiger partial charge in [-0.3, -0.25) is 4.79 Å². The topological polar surface area (TPSA) is 87.5 Å². The molecule has 5 rings (SSSR count). The summed E-state index contributed by atoms with van der Waals surface area (Å²) in [6, 6.07) is 29.4. The molecule has 0 fully saturated rings. The van der Waals surface area contributed by atoms with Crippen molar-refractivity contribution in [1.82, 2.24) is 9.78 Å². The molecule has 0 unspecified atom stereocenters. The van der Waals surface area contributed by atoms with Gasteiger partial charge in [-0.15, -0.1) is 0 Å². The number of benzene rings is 4. The van der Waals surface area contributed by atoms with Crippen LogP contribution in [0.25, 0.3) is 16.9 Å². The van der Waals surface area contributed by atoms with Crippen molar-refractivity contribution in [2.75, 3.05) is 6.61 Å². The first-order chi connectivity index (χ1) is 19.4. The van der Waals surface area contributed by atoms with Crippen molar-refractivity contribution in [2.24, 2.45) is 0 Å². The molecule has 198 valence electrons. The minimum Gasteiger partial charge on any atom is -0.454 e. The molecule has 1 heterocycles. The van der Waals surface area contributed by atoms with Crippen LogP contribution in [0, 0.1) is 6.92 Å². The molecular weight excluding hydrogens is 528 g/mol. The number of esters is 2. The Hall–Kier alpha value is -5.01. The molecule has 0 aliphatic carbocycles. The number of hydrogen-bond donors (Lipinski definition) is 0. The Morgan fingerprint density at radius 1 is 0.775 bits per heavy atom. The highest BCUT2D eigenvalue weighted by atomic mass is 35.5. The molecule has 40 heavy (non-hydrogen) atoms. The Bertz CT molecular complexity index is 1660. The van der Waals surface area contributed by atoms with Crippen LogP contribution in [-0.2, 0) is 4.74 Å². The summed E-state index contributed by atoms with van der Waals surface area (Å²) in [5.74, 6) is -1.31. The lowest BCUT2D eigenvalue weighted by Gasteiger charge is -2.07. The first-order valence-corrected chi connectivity index (χ1v) is 12.8. The van der Waals surface area contributed by atoms with Gasteiger partial charge in [0.25, 0.3) is 0 Å². The first kappa shape index (κ1) is 26.6. The van der Waals surface area contributed by atoms with E-state index in [-0.39, 0.29) is 5.56 Å². The predicted molar refractivity (Wildman–Crippen MR) is 151 cm³/mol. The number of para-hydroxylation sites is 1. The quantitative estimate of drug-likeness (QED) is 0.120. The van der Waals surface area contributed by atoms with E-state index in [0.29, 0.717) is 33.2 Å². The molecule has 0 atom stereocenters. The van der Waals surface area contributed by atoms with Gasteiger partial charge in [-0.2, -0.15) is 5.10 Å². The molecule has 0 saturated carbocycles. The zero-order valence-corrected chi connectivity index (χ0v) is 22.2. The second-order valence-corrected chi connectivity index (χ2v) is 9.39. The van der Waals surface area contributed by atoms with Crippen molar-refractivity contribution in [1.29, 1.82) is 0 Å². The predicted octanol–water partition coefficient (Wildman–Crippen LogP) is 6.76. The number of Topliss-reactive ketones (excluding diaryl/α,β-unsaturated/α-hetero) is 1. The number of hydrogen-bond acceptors (Lipinski definition) is 6. The summed E-state index contributed by atoms with van der Waals surface area (Å²) >= 11 is 6.03. The maximum absolute atomic E-state index is 13.1. The lowest BCUT2D eigenvalue weighted by Crippen LogP contribution is -2.14. The van der Waals surface area contributed by atoms with Crippen LogP contribution in [0.3, 0.4) is 0 Å². The Balaban J connectivity index is 1.27. The van der Waals surface area contributed by atoms with E-state index in [4.69, 9.17) is 21.1 Å². The molecule has 0 amide bonds. The molecule has 0 saturated heterocycles. The van der Waals surface area contributed by atoms with Crippen LogP contribution in [0.5, 0.6) is 5.75 Å². The lowest BCUT2D eigenvalue weighted by atomic mass is 10.1. The van der Waals surface area contributed by atoms with E-state index < -0.39 is 24.3 Å². The fraction of sp³-hybridized carbons (Fsp3) is 0.0625. The number of aromatic nitrogens is 2. The summed E-state index contributed by atoms with van der Waals surface area (Å²) in [5.41, 5.74) is 3.80. The van der Waals surface area contributed by atoms with Gasteiger partial charge in [-0.25, -0.2) is 14.3 Å². The minimum atomic E-state index is -0.691. The largest absolute Gasteiger partial charge is 0.454 e. The first-order valence-electron chi connectivity index (χ1n) is 12.4. The second kappa shape index (κ2) is 11.8. The molecule has 1 aromatic heterocycles. The third-order valence-electron chi connectivity index (χ3n) is 6.08. The summed E-state index contributed by atoms with van der Waals surface area (Å²) in [5, 5.41) is 5.15. The molecule has 0 radical (unpaired) electrons. The number of rotatable bonds is 8. The molecule has 0 aliphatic heterocycles. The van der Waals surface area contributed by atoms with Crippen LogP contribution in [-0.4, -0.2) is 34.1 Å². The summed E-state index contributed by atoms with van der Waals surface area (Å²) in [4.78, 5) is 38.2. The fourth-order valence-electron chi connectivity index (χ4n) is 3.91. The molecule has 0 N–H and O–H groups in total. The molecule has 5 aromatic rings. The summed E-state index contributed by atoms with van der Waals surface area (Å²) in [6.07, 6.45) is 1.57. The molecule has 8 heteroatoms. The molecule has 7 nitrogen and oxygen atoms in total. The maximum Gasteiger partial charge on any atom is 0.343 e. The summed E-state index contributed by atoms with van der Waals surface area (Å²) < 4.78 is 12.4. The average molecular weight is 551 g/mol.